The summed E-state index contributed by atoms with van der Waals surface area (Å²) in [5.74, 6) is 2.61. The lowest BCUT2D eigenvalue weighted by Gasteiger charge is -2.38. The molecule has 2 nitrogen and oxygen atoms in total. The van der Waals surface area contributed by atoms with Gasteiger partial charge in [0.1, 0.15) is 0 Å². The highest BCUT2D eigenvalue weighted by molar-refractivity contribution is 7.99. The number of likely N-dealkylation sites (N-methyl/N-ethyl adjacent to an activating group) is 2. The minimum absolute atomic E-state index is 0.703. The molecule has 1 rings (SSSR count). The van der Waals surface area contributed by atoms with E-state index >= 15 is 0 Å². The van der Waals surface area contributed by atoms with E-state index < -0.39 is 0 Å². The van der Waals surface area contributed by atoms with Gasteiger partial charge < -0.3 is 10.2 Å². The molecule has 102 valence electrons. The first-order chi connectivity index (χ1) is 8.29. The monoisotopic (exact) mass is 258 g/mol. The lowest BCUT2D eigenvalue weighted by Crippen LogP contribution is -2.52. The van der Waals surface area contributed by atoms with E-state index in [1.807, 2.05) is 0 Å². The van der Waals surface area contributed by atoms with Crippen molar-refractivity contribution in [3.8, 4) is 0 Å². The fourth-order valence-corrected chi connectivity index (χ4v) is 3.92. The van der Waals surface area contributed by atoms with Crippen LogP contribution in [0.15, 0.2) is 0 Å². The zero-order valence-electron chi connectivity index (χ0n) is 11.9. The van der Waals surface area contributed by atoms with Crippen molar-refractivity contribution in [2.75, 3.05) is 31.6 Å². The fraction of sp³-hybridized carbons (Fsp3) is 1.00. The molecule has 0 aromatic carbocycles. The number of nitrogens with zero attached hydrogens (tertiary/aromatic N) is 1. The maximum atomic E-state index is 3.70. The molecule has 0 amide bonds. The number of hydrogen-bond acceptors (Lipinski definition) is 3. The van der Waals surface area contributed by atoms with Crippen LogP contribution in [0.4, 0.5) is 0 Å². The molecule has 1 saturated heterocycles. The zero-order chi connectivity index (χ0) is 12.5. The molecule has 1 N–H and O–H groups in total. The third-order valence-corrected chi connectivity index (χ3v) is 4.79. The summed E-state index contributed by atoms with van der Waals surface area (Å²) in [6, 6.07) is 1.45. The molecule has 0 saturated carbocycles. The highest BCUT2D eigenvalue weighted by atomic mass is 32.2. The average Bonchev–Trinajstić information content (AvgIpc) is 2.34. The van der Waals surface area contributed by atoms with Gasteiger partial charge in [-0.1, -0.05) is 39.5 Å². The van der Waals surface area contributed by atoms with Crippen LogP contribution in [0.3, 0.4) is 0 Å². The molecule has 1 fully saturated rings. The van der Waals surface area contributed by atoms with Gasteiger partial charge in [0.05, 0.1) is 0 Å². The van der Waals surface area contributed by atoms with Crippen LogP contribution in [-0.2, 0) is 0 Å². The van der Waals surface area contributed by atoms with E-state index in [0.29, 0.717) is 6.04 Å². The number of nitrogens with one attached hydrogen (secondary N) is 1. The van der Waals surface area contributed by atoms with Crippen LogP contribution in [0.2, 0.25) is 0 Å². The molecule has 1 heterocycles. The third kappa shape index (κ3) is 5.62. The Balaban J connectivity index is 2.34. The molecule has 0 aromatic rings. The highest BCUT2D eigenvalue weighted by Crippen LogP contribution is 2.20. The number of unbranched alkanes of at least 4 members (excludes halogenated alkanes) is 3. The molecule has 1 aliphatic rings. The lowest BCUT2D eigenvalue weighted by molar-refractivity contribution is 0.207. The van der Waals surface area contributed by atoms with Gasteiger partial charge in [-0.3, -0.25) is 0 Å². The normalized spacial score (nSPS) is 23.8. The summed E-state index contributed by atoms with van der Waals surface area (Å²) < 4.78 is 0. The first-order valence-electron chi connectivity index (χ1n) is 7.31. The fourth-order valence-electron chi connectivity index (χ4n) is 2.61. The van der Waals surface area contributed by atoms with E-state index in [4.69, 9.17) is 0 Å². The van der Waals surface area contributed by atoms with E-state index in [1.54, 1.807) is 0 Å². The maximum Gasteiger partial charge on any atom is 0.0337 e. The molecular weight excluding hydrogens is 228 g/mol. The largest absolute Gasteiger partial charge is 0.313 e. The number of hydrogen-bond donors (Lipinski definition) is 1. The van der Waals surface area contributed by atoms with Gasteiger partial charge in [0, 0.05) is 30.1 Å². The molecule has 2 atom stereocenters. The molecule has 17 heavy (non-hydrogen) atoms. The SMILES string of the molecule is CCCCCCC(NCC)C1CSCCN1C. The molecular formula is C14H30N2S. The third-order valence-electron chi connectivity index (χ3n) is 3.74. The number of rotatable bonds is 8. The molecule has 0 spiro atoms. The van der Waals surface area contributed by atoms with Gasteiger partial charge in [-0.05, 0) is 20.0 Å². The van der Waals surface area contributed by atoms with Crippen molar-refractivity contribution in [1.82, 2.24) is 10.2 Å². The highest BCUT2D eigenvalue weighted by Gasteiger charge is 2.26. The van der Waals surface area contributed by atoms with Crippen molar-refractivity contribution in [3.05, 3.63) is 0 Å². The Hall–Kier alpha value is 0.270. The van der Waals surface area contributed by atoms with Gasteiger partial charge in [-0.15, -0.1) is 0 Å². The Morgan fingerprint density at radius 1 is 1.29 bits per heavy atom. The van der Waals surface area contributed by atoms with Gasteiger partial charge in [-0.25, -0.2) is 0 Å². The first-order valence-corrected chi connectivity index (χ1v) is 8.46. The zero-order valence-corrected chi connectivity index (χ0v) is 12.7. The molecule has 3 heteroatoms. The molecule has 0 aromatic heterocycles. The van der Waals surface area contributed by atoms with Crippen molar-refractivity contribution in [3.63, 3.8) is 0 Å². The Labute approximate surface area is 112 Å². The summed E-state index contributed by atoms with van der Waals surface area (Å²) >= 11 is 2.12. The summed E-state index contributed by atoms with van der Waals surface area (Å²) in [6.45, 7) is 6.88. The van der Waals surface area contributed by atoms with Crippen molar-refractivity contribution in [2.45, 2.75) is 58.0 Å². The lowest BCUT2D eigenvalue weighted by atomic mass is 10.0. The van der Waals surface area contributed by atoms with E-state index in [0.717, 1.165) is 12.6 Å². The van der Waals surface area contributed by atoms with E-state index in [9.17, 15) is 0 Å². The molecule has 0 bridgehead atoms. The molecule has 1 aliphatic heterocycles. The van der Waals surface area contributed by atoms with E-state index in [-0.39, 0.29) is 0 Å². The van der Waals surface area contributed by atoms with Crippen molar-refractivity contribution in [1.29, 1.82) is 0 Å². The predicted octanol–water partition coefficient (Wildman–Crippen LogP) is 2.98. The van der Waals surface area contributed by atoms with Crippen LogP contribution in [-0.4, -0.2) is 48.6 Å². The number of thioether (sulfide) groups is 1. The smallest absolute Gasteiger partial charge is 0.0337 e. The van der Waals surface area contributed by atoms with Crippen molar-refractivity contribution in [2.24, 2.45) is 0 Å². The van der Waals surface area contributed by atoms with Crippen LogP contribution in [0.5, 0.6) is 0 Å². The second-order valence-corrected chi connectivity index (χ2v) is 6.29. The topological polar surface area (TPSA) is 15.3 Å². The molecule has 0 aliphatic carbocycles. The summed E-state index contributed by atoms with van der Waals surface area (Å²) in [4.78, 5) is 2.56. The van der Waals surface area contributed by atoms with Crippen LogP contribution in [0, 0.1) is 0 Å². The van der Waals surface area contributed by atoms with E-state index in [2.05, 4.69) is 42.9 Å². The van der Waals surface area contributed by atoms with Gasteiger partial charge in [0.15, 0.2) is 0 Å². The van der Waals surface area contributed by atoms with E-state index in [1.165, 1.54) is 50.2 Å². The van der Waals surface area contributed by atoms with Crippen LogP contribution in [0.1, 0.15) is 46.0 Å². The van der Waals surface area contributed by atoms with Crippen LogP contribution in [0.25, 0.3) is 0 Å². The second-order valence-electron chi connectivity index (χ2n) is 5.14. The first kappa shape index (κ1) is 15.3. The second kappa shape index (κ2) is 9.23. The molecule has 0 radical (unpaired) electrons. The molecule has 2 unspecified atom stereocenters. The minimum Gasteiger partial charge on any atom is -0.313 e. The Kier molecular flexibility index (Phi) is 8.33. The maximum absolute atomic E-state index is 3.70. The van der Waals surface area contributed by atoms with Crippen LogP contribution >= 0.6 is 11.8 Å². The predicted molar refractivity (Wildman–Crippen MR) is 80.0 cm³/mol. The summed E-state index contributed by atoms with van der Waals surface area (Å²) in [6.07, 6.45) is 6.88. The summed E-state index contributed by atoms with van der Waals surface area (Å²) in [7, 11) is 2.29. The van der Waals surface area contributed by atoms with Crippen molar-refractivity contribution >= 4 is 11.8 Å². The van der Waals surface area contributed by atoms with Gasteiger partial charge in [0.25, 0.3) is 0 Å². The van der Waals surface area contributed by atoms with Gasteiger partial charge in [0.2, 0.25) is 0 Å². The quantitative estimate of drug-likeness (QED) is 0.674. The minimum atomic E-state index is 0.703. The van der Waals surface area contributed by atoms with Crippen molar-refractivity contribution < 1.29 is 0 Å². The standard InChI is InChI=1S/C14H30N2S/c1-4-6-7-8-9-13(15-5-2)14-12-17-11-10-16(14)3/h13-15H,4-12H2,1-3H3. The van der Waals surface area contributed by atoms with Crippen LogP contribution < -0.4 is 5.32 Å². The van der Waals surface area contributed by atoms with Gasteiger partial charge >= 0.3 is 0 Å². The van der Waals surface area contributed by atoms with Gasteiger partial charge in [-0.2, -0.15) is 11.8 Å². The Morgan fingerprint density at radius 2 is 2.12 bits per heavy atom. The summed E-state index contributed by atoms with van der Waals surface area (Å²) in [5.41, 5.74) is 0. The summed E-state index contributed by atoms with van der Waals surface area (Å²) in [5, 5.41) is 3.70. The average molecular weight is 258 g/mol. The Morgan fingerprint density at radius 3 is 2.76 bits per heavy atom. The Bertz CT molecular complexity index is 187.